The second-order valence-corrected chi connectivity index (χ2v) is 6.53. The van der Waals surface area contributed by atoms with E-state index in [4.69, 9.17) is 0 Å². The molecule has 0 aliphatic carbocycles. The Hall–Kier alpha value is 0.270. The van der Waals surface area contributed by atoms with E-state index in [0.717, 1.165) is 11.2 Å². The van der Waals surface area contributed by atoms with E-state index in [2.05, 4.69) is 28.9 Å². The molecule has 1 N–H and O–H groups in total. The highest BCUT2D eigenvalue weighted by Gasteiger charge is 2.18. The number of piperidine rings is 1. The Kier molecular flexibility index (Phi) is 4.79. The standard InChI is InChI=1S/C12H24N2S/c1-11-10-14(7-8-15-11)6-4-12-3-2-5-13-9-12/h11-13H,2-10H2,1H3. The highest BCUT2D eigenvalue weighted by Crippen LogP contribution is 2.20. The maximum absolute atomic E-state index is 3.51. The minimum atomic E-state index is 0.850. The zero-order valence-corrected chi connectivity index (χ0v) is 10.7. The van der Waals surface area contributed by atoms with Gasteiger partial charge in [-0.2, -0.15) is 11.8 Å². The van der Waals surface area contributed by atoms with Crippen molar-refractivity contribution >= 4 is 11.8 Å². The monoisotopic (exact) mass is 228 g/mol. The summed E-state index contributed by atoms with van der Waals surface area (Å²) in [6, 6.07) is 0. The molecule has 0 saturated carbocycles. The number of rotatable bonds is 3. The lowest BCUT2D eigenvalue weighted by Gasteiger charge is -2.32. The third kappa shape index (κ3) is 3.97. The van der Waals surface area contributed by atoms with Gasteiger partial charge in [0.15, 0.2) is 0 Å². The van der Waals surface area contributed by atoms with Crippen LogP contribution in [-0.2, 0) is 0 Å². The molecule has 0 aromatic rings. The summed E-state index contributed by atoms with van der Waals surface area (Å²) in [5.74, 6) is 2.29. The van der Waals surface area contributed by atoms with E-state index in [0.29, 0.717) is 0 Å². The van der Waals surface area contributed by atoms with Crippen molar-refractivity contribution in [3.05, 3.63) is 0 Å². The van der Waals surface area contributed by atoms with Crippen molar-refractivity contribution in [3.63, 3.8) is 0 Å². The molecule has 0 aromatic heterocycles. The Morgan fingerprint density at radius 1 is 1.47 bits per heavy atom. The fraction of sp³-hybridized carbons (Fsp3) is 1.00. The van der Waals surface area contributed by atoms with Crippen LogP contribution in [0, 0.1) is 5.92 Å². The van der Waals surface area contributed by atoms with Crippen molar-refractivity contribution in [1.82, 2.24) is 10.2 Å². The molecule has 0 aromatic carbocycles. The number of nitrogens with one attached hydrogen (secondary N) is 1. The molecule has 2 nitrogen and oxygen atoms in total. The number of thioether (sulfide) groups is 1. The average molecular weight is 228 g/mol. The lowest BCUT2D eigenvalue weighted by molar-refractivity contribution is 0.245. The van der Waals surface area contributed by atoms with E-state index in [1.807, 2.05) is 0 Å². The molecule has 2 atom stereocenters. The van der Waals surface area contributed by atoms with Gasteiger partial charge in [-0.3, -0.25) is 0 Å². The molecule has 88 valence electrons. The molecule has 2 rings (SSSR count). The Bertz CT molecular complexity index is 180. The van der Waals surface area contributed by atoms with Gasteiger partial charge in [-0.25, -0.2) is 0 Å². The molecule has 15 heavy (non-hydrogen) atoms. The summed E-state index contributed by atoms with van der Waals surface area (Å²) < 4.78 is 0. The Balaban J connectivity index is 1.63. The van der Waals surface area contributed by atoms with Gasteiger partial charge in [-0.05, 0) is 44.8 Å². The summed E-state index contributed by atoms with van der Waals surface area (Å²) in [7, 11) is 0. The van der Waals surface area contributed by atoms with Gasteiger partial charge in [-0.15, -0.1) is 0 Å². The van der Waals surface area contributed by atoms with Crippen LogP contribution in [0.1, 0.15) is 26.2 Å². The Labute approximate surface area is 98.2 Å². The summed E-state index contributed by atoms with van der Waals surface area (Å²) >= 11 is 2.13. The lowest BCUT2D eigenvalue weighted by Crippen LogP contribution is -2.39. The third-order valence-corrected chi connectivity index (χ3v) is 4.71. The zero-order valence-electron chi connectivity index (χ0n) is 9.87. The first-order chi connectivity index (χ1) is 7.34. The van der Waals surface area contributed by atoms with Gasteiger partial charge in [0.05, 0.1) is 0 Å². The van der Waals surface area contributed by atoms with E-state index in [9.17, 15) is 0 Å². The second-order valence-electron chi connectivity index (χ2n) is 4.98. The first-order valence-corrected chi connectivity index (χ1v) is 7.44. The van der Waals surface area contributed by atoms with E-state index < -0.39 is 0 Å². The second kappa shape index (κ2) is 6.12. The largest absolute Gasteiger partial charge is 0.316 e. The summed E-state index contributed by atoms with van der Waals surface area (Å²) in [5, 5.41) is 4.36. The SMILES string of the molecule is CC1CN(CCC2CCCNC2)CCS1. The maximum Gasteiger partial charge on any atom is 0.0147 e. The van der Waals surface area contributed by atoms with Crippen LogP contribution in [0.2, 0.25) is 0 Å². The quantitative estimate of drug-likeness (QED) is 0.793. The highest BCUT2D eigenvalue weighted by molar-refractivity contribution is 7.99. The van der Waals surface area contributed by atoms with Crippen LogP contribution in [0.3, 0.4) is 0 Å². The minimum absolute atomic E-state index is 0.850. The smallest absolute Gasteiger partial charge is 0.0147 e. The van der Waals surface area contributed by atoms with E-state index in [1.54, 1.807) is 0 Å². The molecule has 2 aliphatic rings. The van der Waals surface area contributed by atoms with Gasteiger partial charge < -0.3 is 10.2 Å². The minimum Gasteiger partial charge on any atom is -0.316 e. The van der Waals surface area contributed by atoms with Gasteiger partial charge in [0.2, 0.25) is 0 Å². The molecular weight excluding hydrogens is 204 g/mol. The van der Waals surface area contributed by atoms with Crippen LogP contribution in [0.5, 0.6) is 0 Å². The van der Waals surface area contributed by atoms with Crippen molar-refractivity contribution in [2.45, 2.75) is 31.4 Å². The van der Waals surface area contributed by atoms with Gasteiger partial charge in [0.1, 0.15) is 0 Å². The molecule has 3 heteroatoms. The molecule has 0 radical (unpaired) electrons. The van der Waals surface area contributed by atoms with Crippen molar-refractivity contribution in [1.29, 1.82) is 0 Å². The predicted octanol–water partition coefficient (Wildman–Crippen LogP) is 1.81. The van der Waals surface area contributed by atoms with Crippen LogP contribution in [0.25, 0.3) is 0 Å². The van der Waals surface area contributed by atoms with Crippen molar-refractivity contribution < 1.29 is 0 Å². The summed E-state index contributed by atoms with van der Waals surface area (Å²) in [4.78, 5) is 2.66. The van der Waals surface area contributed by atoms with E-state index >= 15 is 0 Å². The van der Waals surface area contributed by atoms with Gasteiger partial charge in [0, 0.05) is 24.1 Å². The third-order valence-electron chi connectivity index (χ3n) is 3.58. The van der Waals surface area contributed by atoms with Crippen LogP contribution in [0.15, 0.2) is 0 Å². The Morgan fingerprint density at radius 2 is 2.40 bits per heavy atom. The summed E-state index contributed by atoms with van der Waals surface area (Å²) in [6.07, 6.45) is 4.24. The fourth-order valence-electron chi connectivity index (χ4n) is 2.63. The summed E-state index contributed by atoms with van der Waals surface area (Å²) in [6.45, 7) is 8.82. The summed E-state index contributed by atoms with van der Waals surface area (Å²) in [5.41, 5.74) is 0. The molecule has 2 unspecified atom stereocenters. The molecule has 2 heterocycles. The van der Waals surface area contributed by atoms with Crippen LogP contribution < -0.4 is 5.32 Å². The zero-order chi connectivity index (χ0) is 10.5. The van der Waals surface area contributed by atoms with E-state index in [1.165, 1.54) is 57.7 Å². The predicted molar refractivity (Wildman–Crippen MR) is 68.6 cm³/mol. The average Bonchev–Trinajstić information content (AvgIpc) is 2.28. The van der Waals surface area contributed by atoms with Gasteiger partial charge in [0.25, 0.3) is 0 Å². The van der Waals surface area contributed by atoms with Crippen LogP contribution >= 0.6 is 11.8 Å². The first-order valence-electron chi connectivity index (χ1n) is 6.39. The van der Waals surface area contributed by atoms with Gasteiger partial charge in [-0.1, -0.05) is 6.92 Å². The number of nitrogens with zero attached hydrogens (tertiary/aromatic N) is 1. The lowest BCUT2D eigenvalue weighted by atomic mass is 9.96. The Morgan fingerprint density at radius 3 is 3.13 bits per heavy atom. The first kappa shape index (κ1) is 11.7. The highest BCUT2D eigenvalue weighted by atomic mass is 32.2. The molecule has 2 saturated heterocycles. The van der Waals surface area contributed by atoms with Crippen molar-refractivity contribution in [2.24, 2.45) is 5.92 Å². The topological polar surface area (TPSA) is 15.3 Å². The molecule has 2 aliphatic heterocycles. The molecule has 2 fully saturated rings. The van der Waals surface area contributed by atoms with Crippen molar-refractivity contribution in [2.75, 3.05) is 38.5 Å². The maximum atomic E-state index is 3.51. The number of hydrogen-bond acceptors (Lipinski definition) is 3. The van der Waals surface area contributed by atoms with Gasteiger partial charge >= 0.3 is 0 Å². The van der Waals surface area contributed by atoms with Crippen LogP contribution in [-0.4, -0.2) is 48.6 Å². The van der Waals surface area contributed by atoms with Crippen LogP contribution in [0.4, 0.5) is 0 Å². The molecule has 0 amide bonds. The van der Waals surface area contributed by atoms with Crippen molar-refractivity contribution in [3.8, 4) is 0 Å². The van der Waals surface area contributed by atoms with E-state index in [-0.39, 0.29) is 0 Å². The molecule has 0 spiro atoms. The molecular formula is C12H24N2S. The normalized spacial score (nSPS) is 34.2. The molecule has 0 bridgehead atoms. The fourth-order valence-corrected chi connectivity index (χ4v) is 3.71. The number of hydrogen-bond donors (Lipinski definition) is 1.